The van der Waals surface area contributed by atoms with Gasteiger partial charge < -0.3 is 44.2 Å². The van der Waals surface area contributed by atoms with Gasteiger partial charge in [0.15, 0.2) is 18.3 Å². The lowest BCUT2D eigenvalue weighted by Crippen LogP contribution is -2.64. The summed E-state index contributed by atoms with van der Waals surface area (Å²) in [5, 5.41) is 14.9. The zero-order valence-electron chi connectivity index (χ0n) is 24.5. The predicted molar refractivity (Wildman–Crippen MR) is 146 cm³/mol. The normalized spacial score (nSPS) is 21.5. The van der Waals surface area contributed by atoms with Gasteiger partial charge in [-0.3, -0.25) is 19.2 Å². The number of carboxylic acids is 1. The lowest BCUT2D eigenvalue weighted by atomic mass is 9.97. The molecule has 43 heavy (non-hydrogen) atoms. The molecule has 1 aliphatic heterocycles. The van der Waals surface area contributed by atoms with Crippen LogP contribution in [0.25, 0.3) is 0 Å². The Morgan fingerprint density at radius 2 is 1.44 bits per heavy atom. The minimum atomic E-state index is -1.93. The third kappa shape index (κ3) is 10.9. The monoisotopic (exact) mass is 630 g/mol. The maximum atomic E-state index is 13.1. The highest BCUT2D eigenvalue weighted by Crippen LogP contribution is 2.32. The number of hydrogen-bond acceptors (Lipinski definition) is 12. The van der Waals surface area contributed by atoms with E-state index in [0.717, 1.165) is 20.8 Å². The van der Waals surface area contributed by atoms with E-state index in [9.17, 15) is 33.9 Å². The SMILES string of the molecule is CC(=O)O[C@@H]1[C@@H](OC(C)=O)[C@H](Oc2ccc(CCl)cc2C(=O)NCCNC(=O)OC(C)(C)C)O[C@H](C(=O)O)[C@H]1OC(C)=O. The van der Waals surface area contributed by atoms with Gasteiger partial charge in [-0.1, -0.05) is 6.07 Å². The Kier molecular flexibility index (Phi) is 12.6. The van der Waals surface area contributed by atoms with Gasteiger partial charge in [0, 0.05) is 39.7 Å². The fraction of sp³-hybridized carbons (Fsp3) is 0.556. The molecule has 0 radical (unpaired) electrons. The molecule has 1 aromatic rings. The van der Waals surface area contributed by atoms with E-state index in [4.69, 9.17) is 40.0 Å². The maximum Gasteiger partial charge on any atom is 0.407 e. The number of benzene rings is 1. The quantitative estimate of drug-likeness (QED) is 0.138. The number of alkyl carbamates (subject to hydrolysis) is 1. The summed E-state index contributed by atoms with van der Waals surface area (Å²) in [5.74, 6) is -5.11. The molecule has 238 valence electrons. The highest BCUT2D eigenvalue weighted by molar-refractivity contribution is 6.17. The number of rotatable bonds is 11. The number of alkyl halides is 1. The van der Waals surface area contributed by atoms with Crippen LogP contribution < -0.4 is 15.4 Å². The second-order valence-electron chi connectivity index (χ2n) is 10.3. The molecule has 0 aromatic heterocycles. The van der Waals surface area contributed by atoms with Gasteiger partial charge in [-0.05, 0) is 38.5 Å². The van der Waals surface area contributed by atoms with Crippen LogP contribution in [0.5, 0.6) is 5.75 Å². The van der Waals surface area contributed by atoms with Gasteiger partial charge in [0.2, 0.25) is 12.4 Å². The van der Waals surface area contributed by atoms with Crippen LogP contribution in [0.15, 0.2) is 18.2 Å². The number of nitrogens with one attached hydrogen (secondary N) is 2. The summed E-state index contributed by atoms with van der Waals surface area (Å²) < 4.78 is 32.2. The summed E-state index contributed by atoms with van der Waals surface area (Å²) >= 11 is 5.95. The molecular weight excluding hydrogens is 596 g/mol. The van der Waals surface area contributed by atoms with Crippen molar-refractivity contribution in [2.24, 2.45) is 0 Å². The third-order valence-electron chi connectivity index (χ3n) is 5.41. The van der Waals surface area contributed by atoms with Crippen molar-refractivity contribution in [3.63, 3.8) is 0 Å². The zero-order chi connectivity index (χ0) is 32.5. The molecule has 0 bridgehead atoms. The highest BCUT2D eigenvalue weighted by atomic mass is 35.5. The van der Waals surface area contributed by atoms with Gasteiger partial charge in [0.1, 0.15) is 11.4 Å². The second-order valence-corrected chi connectivity index (χ2v) is 10.5. The molecule has 0 aliphatic carbocycles. The van der Waals surface area contributed by atoms with Crippen molar-refractivity contribution < 1.29 is 62.3 Å². The molecule has 1 fully saturated rings. The van der Waals surface area contributed by atoms with Crippen LogP contribution in [0.2, 0.25) is 0 Å². The molecule has 3 N–H and O–H groups in total. The smallest absolute Gasteiger partial charge is 0.407 e. The molecule has 1 heterocycles. The number of ether oxygens (including phenoxy) is 6. The Hall–Kier alpha value is -4.11. The largest absolute Gasteiger partial charge is 0.479 e. The van der Waals surface area contributed by atoms with Crippen LogP contribution in [0.4, 0.5) is 4.79 Å². The number of aliphatic carboxylic acids is 1. The van der Waals surface area contributed by atoms with Gasteiger partial charge >= 0.3 is 30.0 Å². The molecular formula is C27H35ClN2O13. The Morgan fingerprint density at radius 1 is 0.884 bits per heavy atom. The highest BCUT2D eigenvalue weighted by Gasteiger charge is 2.55. The second kappa shape index (κ2) is 15.4. The average Bonchev–Trinajstić information content (AvgIpc) is 2.87. The first-order valence-corrected chi connectivity index (χ1v) is 13.6. The van der Waals surface area contributed by atoms with Gasteiger partial charge in [-0.25, -0.2) is 9.59 Å². The van der Waals surface area contributed by atoms with Crippen LogP contribution in [0.1, 0.15) is 57.5 Å². The molecule has 0 unspecified atom stereocenters. The molecule has 1 saturated heterocycles. The van der Waals surface area contributed by atoms with E-state index < -0.39 is 72.2 Å². The molecule has 1 aliphatic rings. The van der Waals surface area contributed by atoms with E-state index >= 15 is 0 Å². The first-order chi connectivity index (χ1) is 20.0. The molecule has 16 heteroatoms. The van der Waals surface area contributed by atoms with Crippen LogP contribution in [0.3, 0.4) is 0 Å². The Balaban J connectivity index is 2.38. The number of amides is 2. The molecule has 1 aromatic carbocycles. The first kappa shape index (κ1) is 35.1. The summed E-state index contributed by atoms with van der Waals surface area (Å²) in [4.78, 5) is 72.8. The van der Waals surface area contributed by atoms with Crippen molar-refractivity contribution in [2.75, 3.05) is 13.1 Å². The molecule has 15 nitrogen and oxygen atoms in total. The number of halogens is 1. The van der Waals surface area contributed by atoms with Crippen molar-refractivity contribution in [2.45, 2.75) is 83.7 Å². The van der Waals surface area contributed by atoms with Crippen molar-refractivity contribution in [1.82, 2.24) is 10.6 Å². The fourth-order valence-corrected chi connectivity index (χ4v) is 4.05. The van der Waals surface area contributed by atoms with Crippen LogP contribution in [-0.4, -0.2) is 90.4 Å². The van der Waals surface area contributed by atoms with E-state index in [2.05, 4.69) is 10.6 Å². The zero-order valence-corrected chi connectivity index (χ0v) is 25.2. The van der Waals surface area contributed by atoms with Gasteiger partial charge in [0.05, 0.1) is 5.56 Å². The van der Waals surface area contributed by atoms with E-state index in [1.165, 1.54) is 18.2 Å². The van der Waals surface area contributed by atoms with Gasteiger partial charge in [-0.2, -0.15) is 0 Å². The first-order valence-electron chi connectivity index (χ1n) is 13.0. The Bertz CT molecular complexity index is 1220. The maximum absolute atomic E-state index is 13.1. The van der Waals surface area contributed by atoms with E-state index in [1.807, 2.05) is 0 Å². The summed E-state index contributed by atoms with van der Waals surface area (Å²) in [7, 11) is 0. The Labute approximate surface area is 252 Å². The standard InChI is InChI=1S/C27H35ClN2O13/c1-13(31)38-19-20(39-14(2)32)22(40-15(3)33)25(42-21(19)24(35)36)41-18-8-7-16(12-28)11-17(18)23(34)29-9-10-30-26(37)43-27(4,5)6/h7-8,11,19-22,25H,9-10,12H2,1-6H3,(H,29,34)(H,30,37)(H,35,36)/t19-,20-,21-,22+,25+/m0/s1. The number of carboxylic acid groups (broad SMARTS) is 1. The van der Waals surface area contributed by atoms with Crippen molar-refractivity contribution >= 4 is 47.5 Å². The number of hydrogen-bond donors (Lipinski definition) is 3. The molecule has 5 atom stereocenters. The molecule has 0 saturated carbocycles. The van der Waals surface area contributed by atoms with Crippen molar-refractivity contribution in [1.29, 1.82) is 0 Å². The van der Waals surface area contributed by atoms with Gasteiger partial charge in [0.25, 0.3) is 5.91 Å². The number of carbonyl (C=O) groups excluding carboxylic acids is 5. The lowest BCUT2D eigenvalue weighted by molar-refractivity contribution is -0.281. The fourth-order valence-electron chi connectivity index (χ4n) is 3.88. The number of carbonyl (C=O) groups is 6. The van der Waals surface area contributed by atoms with Crippen LogP contribution >= 0.6 is 11.6 Å². The van der Waals surface area contributed by atoms with Crippen molar-refractivity contribution in [3.05, 3.63) is 29.3 Å². The molecule has 2 amide bonds. The third-order valence-corrected chi connectivity index (χ3v) is 5.72. The summed E-state index contributed by atoms with van der Waals surface area (Å²) in [5.41, 5.74) is -0.263. The van der Waals surface area contributed by atoms with Crippen molar-refractivity contribution in [3.8, 4) is 5.75 Å². The van der Waals surface area contributed by atoms with E-state index in [0.29, 0.717) is 5.56 Å². The molecule has 2 rings (SSSR count). The van der Waals surface area contributed by atoms with Crippen LogP contribution in [-0.2, 0) is 48.7 Å². The summed E-state index contributed by atoms with van der Waals surface area (Å²) in [6.07, 6.45) is -9.39. The number of esters is 3. The van der Waals surface area contributed by atoms with E-state index in [1.54, 1.807) is 20.8 Å². The molecule has 0 spiro atoms. The minimum Gasteiger partial charge on any atom is -0.479 e. The Morgan fingerprint density at radius 3 is 1.98 bits per heavy atom. The minimum absolute atomic E-state index is 0.0156. The lowest BCUT2D eigenvalue weighted by Gasteiger charge is -2.42. The van der Waals surface area contributed by atoms with Gasteiger partial charge in [-0.15, -0.1) is 11.6 Å². The predicted octanol–water partition coefficient (Wildman–Crippen LogP) is 1.66. The average molecular weight is 631 g/mol. The van der Waals surface area contributed by atoms with E-state index in [-0.39, 0.29) is 30.3 Å². The summed E-state index contributed by atoms with van der Waals surface area (Å²) in [6, 6.07) is 4.28. The summed E-state index contributed by atoms with van der Waals surface area (Å²) in [6.45, 7) is 8.15. The van der Waals surface area contributed by atoms with Crippen LogP contribution in [0, 0.1) is 0 Å². The topological polar surface area (TPSA) is 202 Å².